The van der Waals surface area contributed by atoms with Crippen molar-refractivity contribution in [3.63, 3.8) is 0 Å². The van der Waals surface area contributed by atoms with E-state index in [0.29, 0.717) is 5.69 Å². The van der Waals surface area contributed by atoms with Gasteiger partial charge in [-0.25, -0.2) is 4.79 Å². The molecule has 7 nitrogen and oxygen atoms in total. The van der Waals surface area contributed by atoms with Crippen LogP contribution in [0.25, 0.3) is 0 Å². The molecule has 1 heterocycles. The van der Waals surface area contributed by atoms with Crippen LogP contribution in [-0.4, -0.2) is 61.5 Å². The van der Waals surface area contributed by atoms with E-state index in [1.807, 2.05) is 18.0 Å². The molecule has 1 saturated heterocycles. The van der Waals surface area contributed by atoms with Crippen LogP contribution in [0.15, 0.2) is 36.0 Å². The highest BCUT2D eigenvalue weighted by Crippen LogP contribution is 2.17. The Bertz CT molecular complexity index is 701. The van der Waals surface area contributed by atoms with Gasteiger partial charge in [-0.2, -0.15) is 5.26 Å². The number of nitrogens with zero attached hydrogens (tertiary/aromatic N) is 3. The largest absolute Gasteiger partial charge is 0.462 e. The SMILES string of the molecule is CCOC(=O)c1ccccc1NC(=O)/C(C#N)=C\N1CCN(C)CC1. The Morgan fingerprint density at radius 2 is 1.96 bits per heavy atom. The molecular weight excluding hydrogens is 320 g/mol. The summed E-state index contributed by atoms with van der Waals surface area (Å²) in [6.45, 7) is 5.23. The predicted octanol–water partition coefficient (Wildman–Crippen LogP) is 1.46. The zero-order chi connectivity index (χ0) is 18.2. The quantitative estimate of drug-likeness (QED) is 0.495. The van der Waals surface area contributed by atoms with E-state index < -0.39 is 11.9 Å². The van der Waals surface area contributed by atoms with Gasteiger partial charge < -0.3 is 19.9 Å². The summed E-state index contributed by atoms with van der Waals surface area (Å²) in [6.07, 6.45) is 1.58. The Morgan fingerprint density at radius 3 is 2.60 bits per heavy atom. The number of amides is 1. The number of hydrogen-bond acceptors (Lipinski definition) is 6. The summed E-state index contributed by atoms with van der Waals surface area (Å²) in [5, 5.41) is 11.9. The van der Waals surface area contributed by atoms with E-state index in [4.69, 9.17) is 4.74 Å². The Balaban J connectivity index is 2.12. The fraction of sp³-hybridized carbons (Fsp3) is 0.389. The smallest absolute Gasteiger partial charge is 0.340 e. The van der Waals surface area contributed by atoms with E-state index in [-0.39, 0.29) is 17.7 Å². The predicted molar refractivity (Wildman–Crippen MR) is 93.8 cm³/mol. The van der Waals surface area contributed by atoms with Crippen molar-refractivity contribution < 1.29 is 14.3 Å². The lowest BCUT2D eigenvalue weighted by atomic mass is 10.1. The molecule has 0 radical (unpaired) electrons. The molecule has 1 amide bonds. The molecule has 0 aliphatic carbocycles. The molecule has 0 spiro atoms. The third-order valence-electron chi connectivity index (χ3n) is 3.89. The van der Waals surface area contributed by atoms with Crippen molar-refractivity contribution in [2.24, 2.45) is 0 Å². The minimum atomic E-state index is -0.543. The van der Waals surface area contributed by atoms with E-state index in [9.17, 15) is 14.9 Å². The first-order valence-electron chi connectivity index (χ1n) is 8.17. The van der Waals surface area contributed by atoms with Gasteiger partial charge in [-0.05, 0) is 26.1 Å². The first-order chi connectivity index (χ1) is 12.0. The number of carbonyl (C=O) groups excluding carboxylic acids is 2. The molecule has 132 valence electrons. The Labute approximate surface area is 147 Å². The van der Waals surface area contributed by atoms with Crippen molar-refractivity contribution in [2.45, 2.75) is 6.92 Å². The molecule has 0 bridgehead atoms. The van der Waals surface area contributed by atoms with Crippen LogP contribution in [0.1, 0.15) is 17.3 Å². The van der Waals surface area contributed by atoms with Gasteiger partial charge in [-0.1, -0.05) is 12.1 Å². The van der Waals surface area contributed by atoms with Gasteiger partial charge >= 0.3 is 5.97 Å². The molecule has 1 aliphatic rings. The normalized spacial score (nSPS) is 15.4. The zero-order valence-electron chi connectivity index (χ0n) is 14.5. The molecule has 1 aliphatic heterocycles. The van der Waals surface area contributed by atoms with Gasteiger partial charge in [0.25, 0.3) is 5.91 Å². The number of esters is 1. The number of rotatable bonds is 5. The lowest BCUT2D eigenvalue weighted by Crippen LogP contribution is -2.42. The van der Waals surface area contributed by atoms with Gasteiger partial charge in [-0.3, -0.25) is 4.79 Å². The van der Waals surface area contributed by atoms with Crippen LogP contribution in [-0.2, 0) is 9.53 Å². The number of ether oxygens (including phenoxy) is 1. The number of hydrogen-bond donors (Lipinski definition) is 1. The van der Waals surface area contributed by atoms with Crippen molar-refractivity contribution in [3.8, 4) is 6.07 Å². The van der Waals surface area contributed by atoms with Crippen LogP contribution in [0.5, 0.6) is 0 Å². The van der Waals surface area contributed by atoms with Crippen LogP contribution in [0.3, 0.4) is 0 Å². The molecule has 1 fully saturated rings. The standard InChI is InChI=1S/C18H22N4O3/c1-3-25-18(24)15-6-4-5-7-16(15)20-17(23)14(12-19)13-22-10-8-21(2)9-11-22/h4-7,13H,3,8-11H2,1-2H3,(H,20,23)/b14-13-. The molecular formula is C18H22N4O3. The van der Waals surface area contributed by atoms with Gasteiger partial charge in [0.05, 0.1) is 17.9 Å². The maximum atomic E-state index is 12.4. The highest BCUT2D eigenvalue weighted by Gasteiger charge is 2.18. The first kappa shape index (κ1) is 18.5. The highest BCUT2D eigenvalue weighted by atomic mass is 16.5. The average Bonchev–Trinajstić information content (AvgIpc) is 2.61. The number of para-hydroxylation sites is 1. The molecule has 1 aromatic rings. The van der Waals surface area contributed by atoms with Crippen molar-refractivity contribution >= 4 is 17.6 Å². The molecule has 0 aromatic heterocycles. The molecule has 1 N–H and O–H groups in total. The number of nitriles is 1. The first-order valence-corrected chi connectivity index (χ1v) is 8.17. The molecule has 0 atom stereocenters. The topological polar surface area (TPSA) is 85.7 Å². The monoisotopic (exact) mass is 342 g/mol. The maximum absolute atomic E-state index is 12.4. The Kier molecular flexibility index (Phi) is 6.54. The number of anilines is 1. The fourth-order valence-corrected chi connectivity index (χ4v) is 2.44. The molecule has 1 aromatic carbocycles. The summed E-state index contributed by atoms with van der Waals surface area (Å²) in [6, 6.07) is 8.50. The third kappa shape index (κ3) is 5.06. The summed E-state index contributed by atoms with van der Waals surface area (Å²) >= 11 is 0. The van der Waals surface area contributed by atoms with Gasteiger partial charge in [-0.15, -0.1) is 0 Å². The van der Waals surface area contributed by atoms with Gasteiger partial charge in [0.15, 0.2) is 0 Å². The number of piperazine rings is 1. The second-order valence-electron chi connectivity index (χ2n) is 5.71. The molecule has 2 rings (SSSR count). The van der Waals surface area contributed by atoms with Crippen molar-refractivity contribution in [2.75, 3.05) is 45.2 Å². The lowest BCUT2D eigenvalue weighted by molar-refractivity contribution is -0.112. The van der Waals surface area contributed by atoms with E-state index in [0.717, 1.165) is 26.2 Å². The summed E-state index contributed by atoms with van der Waals surface area (Å²) in [5.41, 5.74) is 0.586. The molecule has 25 heavy (non-hydrogen) atoms. The second kappa shape index (κ2) is 8.85. The number of benzene rings is 1. The summed E-state index contributed by atoms with van der Waals surface area (Å²) < 4.78 is 4.99. The Hall–Kier alpha value is -2.85. The average molecular weight is 342 g/mol. The van der Waals surface area contributed by atoms with Crippen molar-refractivity contribution in [1.29, 1.82) is 5.26 Å². The molecule has 0 saturated carbocycles. The van der Waals surface area contributed by atoms with Crippen LogP contribution in [0, 0.1) is 11.3 Å². The van der Waals surface area contributed by atoms with Gasteiger partial charge in [0.2, 0.25) is 0 Å². The van der Waals surface area contributed by atoms with E-state index in [1.165, 1.54) is 0 Å². The van der Waals surface area contributed by atoms with Crippen LogP contribution < -0.4 is 5.32 Å². The summed E-state index contributed by atoms with van der Waals surface area (Å²) in [5.74, 6) is -1.06. The minimum absolute atomic E-state index is 0.00298. The fourth-order valence-electron chi connectivity index (χ4n) is 2.44. The lowest BCUT2D eigenvalue weighted by Gasteiger charge is -2.31. The van der Waals surface area contributed by atoms with Crippen molar-refractivity contribution in [3.05, 3.63) is 41.6 Å². The van der Waals surface area contributed by atoms with E-state index in [2.05, 4.69) is 10.2 Å². The maximum Gasteiger partial charge on any atom is 0.340 e. The van der Waals surface area contributed by atoms with Crippen LogP contribution in [0.4, 0.5) is 5.69 Å². The van der Waals surface area contributed by atoms with Gasteiger partial charge in [0.1, 0.15) is 11.6 Å². The van der Waals surface area contributed by atoms with Crippen LogP contribution in [0.2, 0.25) is 0 Å². The molecule has 0 unspecified atom stereocenters. The summed E-state index contributed by atoms with van der Waals surface area (Å²) in [4.78, 5) is 28.5. The number of nitrogens with one attached hydrogen (secondary N) is 1. The molecule has 7 heteroatoms. The second-order valence-corrected chi connectivity index (χ2v) is 5.71. The third-order valence-corrected chi connectivity index (χ3v) is 3.89. The number of carbonyl (C=O) groups is 2. The van der Waals surface area contributed by atoms with E-state index >= 15 is 0 Å². The van der Waals surface area contributed by atoms with Crippen molar-refractivity contribution in [1.82, 2.24) is 9.80 Å². The highest BCUT2D eigenvalue weighted by molar-refractivity contribution is 6.09. The minimum Gasteiger partial charge on any atom is -0.462 e. The summed E-state index contributed by atoms with van der Waals surface area (Å²) in [7, 11) is 2.03. The van der Waals surface area contributed by atoms with Crippen LogP contribution >= 0.6 is 0 Å². The zero-order valence-corrected chi connectivity index (χ0v) is 14.5. The number of likely N-dealkylation sites (N-methyl/N-ethyl adjacent to an activating group) is 1. The van der Waals surface area contributed by atoms with Gasteiger partial charge in [0, 0.05) is 32.4 Å². The van der Waals surface area contributed by atoms with E-state index in [1.54, 1.807) is 37.4 Å². The Morgan fingerprint density at radius 1 is 1.28 bits per heavy atom.